The fraction of sp³-hybridized carbons (Fsp3) is 0.528. The molecular formula is C36H47N7O4. The maximum Gasteiger partial charge on any atom is 0.410 e. The summed E-state index contributed by atoms with van der Waals surface area (Å²) >= 11 is 0. The van der Waals surface area contributed by atoms with Crippen LogP contribution in [0.5, 0.6) is 6.01 Å². The Morgan fingerprint density at radius 2 is 1.70 bits per heavy atom. The number of rotatable bonds is 6. The van der Waals surface area contributed by atoms with Crippen molar-refractivity contribution in [3.05, 3.63) is 58.1 Å². The lowest BCUT2D eigenvalue weighted by Crippen LogP contribution is -2.59. The summed E-state index contributed by atoms with van der Waals surface area (Å²) in [6.45, 7) is 16.0. The maximum absolute atomic E-state index is 14.6. The van der Waals surface area contributed by atoms with E-state index in [2.05, 4.69) is 48.0 Å². The number of hydrogen-bond donors (Lipinski definition) is 0. The Kier molecular flexibility index (Phi) is 8.86. The van der Waals surface area contributed by atoms with Crippen molar-refractivity contribution in [2.45, 2.75) is 91.5 Å². The number of carbonyl (C=O) groups is 1. The van der Waals surface area contributed by atoms with Gasteiger partial charge in [-0.25, -0.2) is 9.78 Å². The average molecular weight is 642 g/mol. The molecule has 0 radical (unpaired) electrons. The van der Waals surface area contributed by atoms with Gasteiger partial charge < -0.3 is 24.2 Å². The summed E-state index contributed by atoms with van der Waals surface area (Å²) in [7, 11) is 2.10. The zero-order chi connectivity index (χ0) is 33.6. The van der Waals surface area contributed by atoms with Crippen LogP contribution in [0.3, 0.4) is 0 Å². The molecule has 250 valence electrons. The third-order valence-corrected chi connectivity index (χ3v) is 9.33. The Morgan fingerprint density at radius 3 is 2.34 bits per heavy atom. The Labute approximate surface area is 276 Å². The summed E-state index contributed by atoms with van der Waals surface area (Å²) in [6.07, 6.45) is 2.64. The van der Waals surface area contributed by atoms with Gasteiger partial charge in [0.25, 0.3) is 5.56 Å². The van der Waals surface area contributed by atoms with E-state index in [0.717, 1.165) is 47.8 Å². The topological polar surface area (TPSA) is 106 Å². The van der Waals surface area contributed by atoms with E-state index in [9.17, 15) is 9.59 Å². The quantitative estimate of drug-likeness (QED) is 0.270. The molecule has 0 N–H and O–H groups in total. The third kappa shape index (κ3) is 6.37. The van der Waals surface area contributed by atoms with Crippen molar-refractivity contribution in [3.63, 3.8) is 0 Å². The number of carbonyl (C=O) groups excluding carboxylic acids is 1. The van der Waals surface area contributed by atoms with E-state index in [4.69, 9.17) is 24.4 Å². The van der Waals surface area contributed by atoms with Gasteiger partial charge in [0.15, 0.2) is 11.3 Å². The first-order chi connectivity index (χ1) is 22.4. The number of likely N-dealkylation sites (N-methyl/N-ethyl adjacent to an activating group) is 1. The van der Waals surface area contributed by atoms with E-state index in [1.807, 2.05) is 53.7 Å². The van der Waals surface area contributed by atoms with E-state index in [1.54, 1.807) is 9.47 Å². The van der Waals surface area contributed by atoms with Gasteiger partial charge in [0.05, 0.1) is 5.69 Å². The molecule has 2 aromatic carbocycles. The zero-order valence-corrected chi connectivity index (χ0v) is 28.9. The maximum atomic E-state index is 14.6. The molecule has 4 aromatic rings. The second-order valence-corrected chi connectivity index (χ2v) is 14.1. The van der Waals surface area contributed by atoms with Gasteiger partial charge in [-0.2, -0.15) is 9.97 Å². The van der Waals surface area contributed by atoms with Gasteiger partial charge in [-0.1, -0.05) is 37.3 Å². The molecule has 4 heterocycles. The molecule has 2 aliphatic rings. The molecule has 2 aliphatic heterocycles. The van der Waals surface area contributed by atoms with Crippen molar-refractivity contribution >= 4 is 33.7 Å². The van der Waals surface area contributed by atoms with Gasteiger partial charge in [-0.15, -0.1) is 0 Å². The lowest BCUT2D eigenvalue weighted by atomic mass is 10.0. The molecule has 11 heteroatoms. The summed E-state index contributed by atoms with van der Waals surface area (Å²) in [6, 6.07) is 12.4. The summed E-state index contributed by atoms with van der Waals surface area (Å²) in [5.74, 6) is 1.08. The van der Waals surface area contributed by atoms with Crippen LogP contribution in [0.2, 0.25) is 0 Å². The first-order valence-electron chi connectivity index (χ1n) is 16.8. The summed E-state index contributed by atoms with van der Waals surface area (Å²) in [5.41, 5.74) is 1.70. The monoisotopic (exact) mass is 641 g/mol. The Morgan fingerprint density at radius 1 is 1.00 bits per heavy atom. The Balaban J connectivity index is 1.48. The molecule has 0 saturated carbocycles. The van der Waals surface area contributed by atoms with Gasteiger partial charge in [-0.3, -0.25) is 9.36 Å². The number of hydrogen-bond acceptors (Lipinski definition) is 9. The third-order valence-electron chi connectivity index (χ3n) is 9.33. The van der Waals surface area contributed by atoms with Crippen LogP contribution in [0, 0.1) is 6.92 Å². The molecule has 0 aliphatic carbocycles. The fourth-order valence-electron chi connectivity index (χ4n) is 7.12. The van der Waals surface area contributed by atoms with Gasteiger partial charge in [-0.05, 0) is 91.4 Å². The van der Waals surface area contributed by atoms with Crippen molar-refractivity contribution in [1.29, 1.82) is 0 Å². The van der Waals surface area contributed by atoms with E-state index in [1.165, 1.54) is 0 Å². The fourth-order valence-corrected chi connectivity index (χ4v) is 7.12. The van der Waals surface area contributed by atoms with Crippen LogP contribution in [0.1, 0.15) is 65.8 Å². The van der Waals surface area contributed by atoms with Crippen LogP contribution >= 0.6 is 0 Å². The minimum atomic E-state index is -0.591. The summed E-state index contributed by atoms with van der Waals surface area (Å²) < 4.78 is 13.6. The Hall–Kier alpha value is -4.25. The Bertz CT molecular complexity index is 1850. The molecule has 3 atom stereocenters. The van der Waals surface area contributed by atoms with E-state index in [0.29, 0.717) is 36.9 Å². The smallest absolute Gasteiger partial charge is 0.410 e. The number of aryl methyl sites for hydroxylation is 2. The van der Waals surface area contributed by atoms with Crippen LogP contribution in [0.15, 0.2) is 41.2 Å². The van der Waals surface area contributed by atoms with Gasteiger partial charge in [0.2, 0.25) is 0 Å². The largest absolute Gasteiger partial charge is 0.462 e. The molecule has 2 aromatic heterocycles. The highest BCUT2D eigenvalue weighted by Crippen LogP contribution is 2.32. The normalized spacial score (nSPS) is 20.7. The molecule has 0 spiro atoms. The minimum absolute atomic E-state index is 0.145. The molecule has 0 unspecified atom stereocenters. The van der Waals surface area contributed by atoms with Crippen LogP contribution in [-0.4, -0.2) is 92.4 Å². The van der Waals surface area contributed by atoms with Crippen molar-refractivity contribution in [2.75, 3.05) is 38.2 Å². The number of piperazine rings is 1. The highest BCUT2D eigenvalue weighted by atomic mass is 16.6. The number of nitrogens with zero attached hydrogens (tertiary/aromatic N) is 7. The number of anilines is 1. The second kappa shape index (κ2) is 12.7. The summed E-state index contributed by atoms with van der Waals surface area (Å²) in [4.78, 5) is 48.5. The van der Waals surface area contributed by atoms with Crippen molar-refractivity contribution < 1.29 is 14.3 Å². The molecule has 6 rings (SSSR count). The number of aromatic nitrogens is 4. The summed E-state index contributed by atoms with van der Waals surface area (Å²) in [5, 5.41) is 2.09. The number of likely N-dealkylation sites (tertiary alicyclic amines) is 1. The number of amides is 1. The first kappa shape index (κ1) is 32.7. The minimum Gasteiger partial charge on any atom is -0.462 e. The van der Waals surface area contributed by atoms with Gasteiger partial charge in [0, 0.05) is 36.6 Å². The standard InChI is InChI=1S/C36H47N7O4/c1-9-25-13-10-14-26-15-11-17-28(29(25)26)43-24(4)37-30-31(33(43)44)38-34(46-21-27-16-12-18-40(27)8)39-32(30)42-22(2)19-41(20-23(42)3)35(45)47-36(5,6)7/h10-11,13-15,17,22-23,27H,9,12,16,18-21H2,1-8H3/t22-,23-,27-/m0/s1. The predicted molar refractivity (Wildman–Crippen MR) is 185 cm³/mol. The molecule has 1 amide bonds. The second-order valence-electron chi connectivity index (χ2n) is 14.1. The average Bonchev–Trinajstić information content (AvgIpc) is 3.43. The lowest BCUT2D eigenvalue weighted by molar-refractivity contribution is 0.0192. The van der Waals surface area contributed by atoms with Crippen LogP contribution in [-0.2, 0) is 11.2 Å². The van der Waals surface area contributed by atoms with Gasteiger partial charge >= 0.3 is 12.1 Å². The lowest BCUT2D eigenvalue weighted by Gasteiger charge is -2.45. The zero-order valence-electron chi connectivity index (χ0n) is 28.9. The van der Waals surface area contributed by atoms with E-state index < -0.39 is 5.60 Å². The SMILES string of the molecule is CCc1cccc2cccc(-n3c(C)nc4c(N5[C@@H](C)CN(C(=O)OC(C)(C)C)C[C@@H]5C)nc(OC[C@@H]5CCCN5C)nc4c3=O)c12. The highest BCUT2D eigenvalue weighted by Gasteiger charge is 2.37. The molecule has 47 heavy (non-hydrogen) atoms. The number of benzene rings is 2. The van der Waals surface area contributed by atoms with E-state index in [-0.39, 0.29) is 41.3 Å². The molecule has 0 bridgehead atoms. The van der Waals surface area contributed by atoms with Crippen LogP contribution in [0.25, 0.3) is 27.5 Å². The first-order valence-corrected chi connectivity index (χ1v) is 16.8. The highest BCUT2D eigenvalue weighted by molar-refractivity contribution is 5.94. The van der Waals surface area contributed by atoms with Gasteiger partial charge in [0.1, 0.15) is 23.5 Å². The van der Waals surface area contributed by atoms with Crippen LogP contribution < -0.4 is 15.2 Å². The predicted octanol–water partition coefficient (Wildman–Crippen LogP) is 5.51. The van der Waals surface area contributed by atoms with Crippen molar-refractivity contribution in [3.8, 4) is 11.7 Å². The molecular weight excluding hydrogens is 594 g/mol. The van der Waals surface area contributed by atoms with Crippen molar-refractivity contribution in [2.24, 2.45) is 0 Å². The molecule has 2 fully saturated rings. The van der Waals surface area contributed by atoms with E-state index >= 15 is 0 Å². The number of ether oxygens (including phenoxy) is 2. The van der Waals surface area contributed by atoms with Crippen molar-refractivity contribution in [1.82, 2.24) is 29.3 Å². The van der Waals surface area contributed by atoms with Crippen LogP contribution in [0.4, 0.5) is 10.6 Å². The number of fused-ring (bicyclic) bond motifs is 2. The molecule has 2 saturated heterocycles. The molecule has 11 nitrogen and oxygen atoms in total.